The van der Waals surface area contributed by atoms with Crippen molar-refractivity contribution in [1.82, 2.24) is 5.32 Å². The van der Waals surface area contributed by atoms with Gasteiger partial charge in [-0.15, -0.1) is 0 Å². The van der Waals surface area contributed by atoms with Crippen LogP contribution in [0.1, 0.15) is 16.8 Å². The van der Waals surface area contributed by atoms with Gasteiger partial charge in [-0.2, -0.15) is 0 Å². The molecule has 1 fully saturated rings. The summed E-state index contributed by atoms with van der Waals surface area (Å²) in [5.41, 5.74) is 1.49. The van der Waals surface area contributed by atoms with Crippen molar-refractivity contribution in [2.24, 2.45) is 0 Å². The molecule has 4 heteroatoms. The number of nitrogens with zero attached hydrogens (tertiary/aromatic N) is 1. The number of carbonyl (C=O) groups excluding carboxylic acids is 2. The fourth-order valence-electron chi connectivity index (χ4n) is 2.52. The van der Waals surface area contributed by atoms with Gasteiger partial charge in [0.2, 0.25) is 5.91 Å². The molecule has 0 spiro atoms. The Bertz CT molecular complexity index is 640. The number of anilines is 1. The van der Waals surface area contributed by atoms with Crippen molar-refractivity contribution in [3.8, 4) is 0 Å². The summed E-state index contributed by atoms with van der Waals surface area (Å²) in [5.74, 6) is -0.0946. The first-order valence-corrected chi connectivity index (χ1v) is 6.95. The van der Waals surface area contributed by atoms with E-state index >= 15 is 0 Å². The number of nitrogens with one attached hydrogen (secondary N) is 1. The lowest BCUT2D eigenvalue weighted by molar-refractivity contribution is -0.117. The number of rotatable bonds is 3. The van der Waals surface area contributed by atoms with Gasteiger partial charge in [-0.3, -0.25) is 9.59 Å². The Kier molecular flexibility index (Phi) is 3.69. The maximum absolute atomic E-state index is 12.1. The molecule has 3 rings (SSSR count). The van der Waals surface area contributed by atoms with Crippen LogP contribution in [0.15, 0.2) is 60.7 Å². The van der Waals surface area contributed by atoms with Crippen molar-refractivity contribution >= 4 is 17.5 Å². The lowest BCUT2D eigenvalue weighted by atomic mass is 10.2. The quantitative estimate of drug-likeness (QED) is 0.937. The van der Waals surface area contributed by atoms with E-state index in [-0.39, 0.29) is 17.9 Å². The van der Waals surface area contributed by atoms with E-state index in [0.29, 0.717) is 18.5 Å². The number of hydrogen-bond donors (Lipinski definition) is 1. The minimum atomic E-state index is -0.148. The van der Waals surface area contributed by atoms with Gasteiger partial charge in [-0.05, 0) is 24.3 Å². The van der Waals surface area contributed by atoms with E-state index in [9.17, 15) is 9.59 Å². The van der Waals surface area contributed by atoms with Gasteiger partial charge in [-0.25, -0.2) is 0 Å². The van der Waals surface area contributed by atoms with Gasteiger partial charge in [0.15, 0.2) is 0 Å². The normalized spacial score (nSPS) is 17.8. The Morgan fingerprint density at radius 2 is 1.62 bits per heavy atom. The Morgan fingerprint density at radius 3 is 2.29 bits per heavy atom. The number of benzene rings is 2. The van der Waals surface area contributed by atoms with Gasteiger partial charge in [0.1, 0.15) is 0 Å². The molecule has 0 unspecified atom stereocenters. The number of hydrogen-bond acceptors (Lipinski definition) is 2. The Morgan fingerprint density at radius 1 is 1.00 bits per heavy atom. The summed E-state index contributed by atoms with van der Waals surface area (Å²) < 4.78 is 0. The summed E-state index contributed by atoms with van der Waals surface area (Å²) >= 11 is 0. The monoisotopic (exact) mass is 280 g/mol. The SMILES string of the molecule is O=C(N[C@@H]1CC(=O)N(c2ccccc2)C1)c1ccccc1. The first kappa shape index (κ1) is 13.4. The molecule has 0 aromatic heterocycles. The standard InChI is InChI=1S/C17H16N2O2/c20-16-11-14(12-19(16)15-9-5-2-6-10-15)18-17(21)13-7-3-1-4-8-13/h1-10,14H,11-12H2,(H,18,21)/t14-/m1/s1. The average Bonchev–Trinajstić information content (AvgIpc) is 2.89. The van der Waals surface area contributed by atoms with Crippen molar-refractivity contribution in [3.63, 3.8) is 0 Å². The predicted octanol–water partition coefficient (Wildman–Crippen LogP) is 2.22. The third-order valence-electron chi connectivity index (χ3n) is 3.56. The molecule has 0 radical (unpaired) electrons. The van der Waals surface area contributed by atoms with Crippen molar-refractivity contribution in [3.05, 3.63) is 66.2 Å². The fourth-order valence-corrected chi connectivity index (χ4v) is 2.52. The van der Waals surface area contributed by atoms with Crippen LogP contribution >= 0.6 is 0 Å². The van der Waals surface area contributed by atoms with E-state index in [4.69, 9.17) is 0 Å². The van der Waals surface area contributed by atoms with Crippen molar-refractivity contribution in [2.75, 3.05) is 11.4 Å². The maximum atomic E-state index is 12.1. The molecular formula is C17H16N2O2. The van der Waals surface area contributed by atoms with E-state index < -0.39 is 0 Å². The Balaban J connectivity index is 1.67. The molecular weight excluding hydrogens is 264 g/mol. The van der Waals surface area contributed by atoms with Crippen molar-refractivity contribution in [2.45, 2.75) is 12.5 Å². The van der Waals surface area contributed by atoms with E-state index in [1.54, 1.807) is 17.0 Å². The smallest absolute Gasteiger partial charge is 0.251 e. The molecule has 106 valence electrons. The molecule has 1 aliphatic rings. The van der Waals surface area contributed by atoms with Crippen LogP contribution in [0.3, 0.4) is 0 Å². The van der Waals surface area contributed by atoms with Gasteiger partial charge in [-0.1, -0.05) is 36.4 Å². The van der Waals surface area contributed by atoms with Gasteiger partial charge in [0.25, 0.3) is 5.91 Å². The van der Waals surface area contributed by atoms with E-state index in [2.05, 4.69) is 5.32 Å². The third-order valence-corrected chi connectivity index (χ3v) is 3.56. The second-order valence-corrected chi connectivity index (χ2v) is 5.08. The van der Waals surface area contributed by atoms with Gasteiger partial charge >= 0.3 is 0 Å². The second-order valence-electron chi connectivity index (χ2n) is 5.08. The number of para-hydroxylation sites is 1. The highest BCUT2D eigenvalue weighted by Crippen LogP contribution is 2.21. The molecule has 0 bridgehead atoms. The molecule has 1 saturated heterocycles. The minimum absolute atomic E-state index is 0.0413. The van der Waals surface area contributed by atoms with Gasteiger partial charge < -0.3 is 10.2 Å². The van der Waals surface area contributed by atoms with Crippen LogP contribution < -0.4 is 10.2 Å². The summed E-state index contributed by atoms with van der Waals surface area (Å²) in [7, 11) is 0. The molecule has 2 aromatic rings. The first-order valence-electron chi connectivity index (χ1n) is 6.95. The molecule has 2 aromatic carbocycles. The molecule has 1 aliphatic heterocycles. The average molecular weight is 280 g/mol. The zero-order valence-electron chi connectivity index (χ0n) is 11.5. The number of carbonyl (C=O) groups is 2. The third kappa shape index (κ3) is 2.94. The zero-order valence-corrected chi connectivity index (χ0v) is 11.5. The number of amides is 2. The minimum Gasteiger partial charge on any atom is -0.347 e. The lowest BCUT2D eigenvalue weighted by Crippen LogP contribution is -2.37. The van der Waals surface area contributed by atoms with E-state index in [0.717, 1.165) is 5.69 Å². The van der Waals surface area contributed by atoms with E-state index in [1.807, 2.05) is 48.5 Å². The van der Waals surface area contributed by atoms with Crippen LogP contribution in [0.25, 0.3) is 0 Å². The highest BCUT2D eigenvalue weighted by Gasteiger charge is 2.31. The lowest BCUT2D eigenvalue weighted by Gasteiger charge is -2.17. The highest BCUT2D eigenvalue weighted by molar-refractivity contribution is 5.98. The Hall–Kier alpha value is -2.62. The summed E-state index contributed by atoms with van der Waals surface area (Å²) in [4.78, 5) is 25.9. The fraction of sp³-hybridized carbons (Fsp3) is 0.176. The molecule has 4 nitrogen and oxygen atoms in total. The second kappa shape index (κ2) is 5.79. The van der Waals surface area contributed by atoms with Crippen LogP contribution in [0.2, 0.25) is 0 Å². The molecule has 21 heavy (non-hydrogen) atoms. The largest absolute Gasteiger partial charge is 0.347 e. The van der Waals surface area contributed by atoms with Crippen molar-refractivity contribution < 1.29 is 9.59 Å². The summed E-state index contributed by atoms with van der Waals surface area (Å²) in [6, 6.07) is 18.4. The van der Waals surface area contributed by atoms with Gasteiger partial charge in [0.05, 0.1) is 6.04 Å². The zero-order chi connectivity index (χ0) is 14.7. The first-order chi connectivity index (χ1) is 10.2. The predicted molar refractivity (Wildman–Crippen MR) is 81.1 cm³/mol. The molecule has 0 aliphatic carbocycles. The summed E-state index contributed by atoms with van der Waals surface area (Å²) in [6.45, 7) is 0.515. The Labute approximate surface area is 123 Å². The molecule has 1 atom stereocenters. The molecule has 2 amide bonds. The molecule has 0 saturated carbocycles. The van der Waals surface area contributed by atoms with Crippen LogP contribution in [0.4, 0.5) is 5.69 Å². The van der Waals surface area contributed by atoms with Crippen molar-refractivity contribution in [1.29, 1.82) is 0 Å². The van der Waals surface area contributed by atoms with Crippen LogP contribution in [0, 0.1) is 0 Å². The maximum Gasteiger partial charge on any atom is 0.251 e. The summed E-state index contributed by atoms with van der Waals surface area (Å²) in [5, 5.41) is 2.92. The van der Waals surface area contributed by atoms with Gasteiger partial charge in [0, 0.05) is 24.2 Å². The van der Waals surface area contributed by atoms with E-state index in [1.165, 1.54) is 0 Å². The highest BCUT2D eigenvalue weighted by atomic mass is 16.2. The molecule has 1 N–H and O–H groups in total. The topological polar surface area (TPSA) is 49.4 Å². The van der Waals surface area contributed by atoms with Crippen LogP contribution in [-0.4, -0.2) is 24.4 Å². The summed E-state index contributed by atoms with van der Waals surface area (Å²) in [6.07, 6.45) is 0.341. The molecule has 1 heterocycles. The van der Waals surface area contributed by atoms with Crippen LogP contribution in [-0.2, 0) is 4.79 Å². The van der Waals surface area contributed by atoms with Crippen LogP contribution in [0.5, 0.6) is 0 Å².